The number of likely N-dealkylation sites (tertiary alicyclic amines) is 1. The fraction of sp³-hybridized carbons (Fsp3) is 0.300. The van der Waals surface area contributed by atoms with Crippen LogP contribution in [-0.4, -0.2) is 17.4 Å². The van der Waals surface area contributed by atoms with E-state index in [2.05, 4.69) is 5.32 Å². The first-order valence-electron chi connectivity index (χ1n) is 8.57. The van der Waals surface area contributed by atoms with Crippen molar-refractivity contribution in [3.63, 3.8) is 0 Å². The Bertz CT molecular complexity index is 870. The second kappa shape index (κ2) is 7.70. The maximum Gasteiger partial charge on any atom is 0.417 e. The average molecular weight is 373 g/mol. The number of nitriles is 1. The van der Waals surface area contributed by atoms with Gasteiger partial charge in [0.15, 0.2) is 0 Å². The molecule has 4 nitrogen and oxygen atoms in total. The smallest absolute Gasteiger partial charge is 0.381 e. The van der Waals surface area contributed by atoms with Crippen molar-refractivity contribution >= 4 is 11.6 Å². The Kier molecular flexibility index (Phi) is 5.36. The van der Waals surface area contributed by atoms with E-state index >= 15 is 0 Å². The minimum atomic E-state index is -4.57. The molecule has 1 fully saturated rings. The molecule has 1 aliphatic heterocycles. The number of nitrogens with zero attached hydrogens (tertiary/aromatic N) is 2. The molecule has 2 aromatic rings. The van der Waals surface area contributed by atoms with E-state index in [4.69, 9.17) is 5.26 Å². The van der Waals surface area contributed by atoms with Gasteiger partial charge in [0.1, 0.15) is 0 Å². The van der Waals surface area contributed by atoms with Crippen molar-refractivity contribution < 1.29 is 18.0 Å². The van der Waals surface area contributed by atoms with Crippen LogP contribution >= 0.6 is 0 Å². The number of alkyl halides is 3. The molecule has 0 radical (unpaired) electrons. The van der Waals surface area contributed by atoms with Gasteiger partial charge in [0, 0.05) is 31.7 Å². The number of benzene rings is 2. The fourth-order valence-electron chi connectivity index (χ4n) is 3.04. The molecule has 0 bridgehead atoms. The van der Waals surface area contributed by atoms with E-state index in [1.54, 1.807) is 6.07 Å². The molecule has 0 atom stereocenters. The van der Waals surface area contributed by atoms with Gasteiger partial charge in [-0.1, -0.05) is 24.3 Å². The Hall–Kier alpha value is -3.01. The predicted octanol–water partition coefficient (Wildman–Crippen LogP) is 4.31. The fourth-order valence-corrected chi connectivity index (χ4v) is 3.04. The quantitative estimate of drug-likeness (QED) is 0.850. The van der Waals surface area contributed by atoms with Crippen LogP contribution in [0.5, 0.6) is 0 Å². The molecule has 0 saturated carbocycles. The van der Waals surface area contributed by atoms with Gasteiger partial charge in [0.05, 0.1) is 17.2 Å². The summed E-state index contributed by atoms with van der Waals surface area (Å²) in [5.74, 6) is 0.169. The molecular weight excluding hydrogens is 355 g/mol. The lowest BCUT2D eigenvalue weighted by molar-refractivity contribution is -0.137. The summed E-state index contributed by atoms with van der Waals surface area (Å²) in [5, 5.41) is 11.8. The molecule has 140 valence electrons. The highest BCUT2D eigenvalue weighted by atomic mass is 19.4. The van der Waals surface area contributed by atoms with Gasteiger partial charge in [-0.15, -0.1) is 0 Å². The van der Waals surface area contributed by atoms with E-state index in [9.17, 15) is 18.0 Å². The third kappa shape index (κ3) is 4.59. The van der Waals surface area contributed by atoms with Crippen LogP contribution in [0.3, 0.4) is 0 Å². The Balaban J connectivity index is 1.63. The van der Waals surface area contributed by atoms with Crippen LogP contribution in [0.1, 0.15) is 35.1 Å². The zero-order valence-corrected chi connectivity index (χ0v) is 14.5. The van der Waals surface area contributed by atoms with E-state index in [0.29, 0.717) is 25.2 Å². The summed E-state index contributed by atoms with van der Waals surface area (Å²) in [6, 6.07) is 12.8. The molecule has 1 aliphatic rings. The largest absolute Gasteiger partial charge is 0.417 e. The van der Waals surface area contributed by atoms with Crippen molar-refractivity contribution in [2.75, 3.05) is 11.9 Å². The SMILES string of the molecule is N#Cc1ccc(NCc2ccc(CN3CCCC3=O)cc2)cc1C(F)(F)F. The molecule has 0 spiro atoms. The molecule has 1 N–H and O–H groups in total. The number of carbonyl (C=O) groups excluding carboxylic acids is 1. The number of anilines is 1. The maximum atomic E-state index is 13.0. The van der Waals surface area contributed by atoms with E-state index < -0.39 is 17.3 Å². The molecular formula is C20H18F3N3O. The molecule has 1 heterocycles. The number of halogens is 3. The van der Waals surface area contributed by atoms with Crippen molar-refractivity contribution in [1.82, 2.24) is 4.90 Å². The number of rotatable bonds is 5. The van der Waals surface area contributed by atoms with Gasteiger partial charge in [-0.25, -0.2) is 0 Å². The third-order valence-electron chi connectivity index (χ3n) is 4.51. The first-order chi connectivity index (χ1) is 12.9. The molecule has 0 aliphatic carbocycles. The van der Waals surface area contributed by atoms with Crippen LogP contribution < -0.4 is 5.32 Å². The summed E-state index contributed by atoms with van der Waals surface area (Å²) in [7, 11) is 0. The average Bonchev–Trinajstić information content (AvgIpc) is 3.05. The van der Waals surface area contributed by atoms with Gasteiger partial charge in [0.25, 0.3) is 0 Å². The second-order valence-electron chi connectivity index (χ2n) is 6.46. The van der Waals surface area contributed by atoms with Gasteiger partial charge >= 0.3 is 6.18 Å². The zero-order chi connectivity index (χ0) is 19.4. The van der Waals surface area contributed by atoms with Crippen molar-refractivity contribution in [1.29, 1.82) is 5.26 Å². The first-order valence-corrected chi connectivity index (χ1v) is 8.57. The van der Waals surface area contributed by atoms with Gasteiger partial charge in [0.2, 0.25) is 5.91 Å². The van der Waals surface area contributed by atoms with Crippen molar-refractivity contribution in [2.45, 2.75) is 32.1 Å². The van der Waals surface area contributed by atoms with Crippen molar-refractivity contribution in [3.8, 4) is 6.07 Å². The van der Waals surface area contributed by atoms with Gasteiger partial charge in [-0.2, -0.15) is 18.4 Å². The number of amides is 1. The predicted molar refractivity (Wildman–Crippen MR) is 94.6 cm³/mol. The van der Waals surface area contributed by atoms with Crippen LogP contribution in [0.15, 0.2) is 42.5 Å². The lowest BCUT2D eigenvalue weighted by Crippen LogP contribution is -2.23. The Morgan fingerprint density at radius 2 is 1.81 bits per heavy atom. The van der Waals surface area contributed by atoms with E-state index in [1.165, 1.54) is 12.1 Å². The van der Waals surface area contributed by atoms with E-state index in [-0.39, 0.29) is 5.91 Å². The Morgan fingerprint density at radius 1 is 1.11 bits per heavy atom. The molecule has 27 heavy (non-hydrogen) atoms. The number of carbonyl (C=O) groups is 1. The number of hydrogen-bond donors (Lipinski definition) is 1. The van der Waals surface area contributed by atoms with Crippen LogP contribution in [-0.2, 0) is 24.1 Å². The van der Waals surface area contributed by atoms with Crippen LogP contribution in [0, 0.1) is 11.3 Å². The Morgan fingerprint density at radius 3 is 2.41 bits per heavy atom. The third-order valence-corrected chi connectivity index (χ3v) is 4.51. The molecule has 7 heteroatoms. The first kappa shape index (κ1) is 18.8. The monoisotopic (exact) mass is 373 g/mol. The molecule has 0 unspecified atom stereocenters. The molecule has 1 amide bonds. The lowest BCUT2D eigenvalue weighted by Gasteiger charge is -2.16. The highest BCUT2D eigenvalue weighted by Crippen LogP contribution is 2.33. The molecule has 1 saturated heterocycles. The molecule has 0 aromatic heterocycles. The van der Waals surface area contributed by atoms with E-state index in [1.807, 2.05) is 29.2 Å². The summed E-state index contributed by atoms with van der Waals surface area (Å²) in [6.07, 6.45) is -3.07. The topological polar surface area (TPSA) is 56.1 Å². The summed E-state index contributed by atoms with van der Waals surface area (Å²) < 4.78 is 39.0. The Labute approximate surface area is 155 Å². The summed E-state index contributed by atoms with van der Waals surface area (Å²) in [5.41, 5.74) is 0.888. The number of hydrogen-bond acceptors (Lipinski definition) is 3. The number of nitrogens with one attached hydrogen (secondary N) is 1. The normalized spacial score (nSPS) is 14.3. The highest BCUT2D eigenvalue weighted by molar-refractivity contribution is 5.78. The van der Waals surface area contributed by atoms with E-state index in [0.717, 1.165) is 30.2 Å². The summed E-state index contributed by atoms with van der Waals surface area (Å²) >= 11 is 0. The van der Waals surface area contributed by atoms with Crippen molar-refractivity contribution in [3.05, 3.63) is 64.7 Å². The van der Waals surface area contributed by atoms with Crippen LogP contribution in [0.2, 0.25) is 0 Å². The molecule has 3 rings (SSSR count). The second-order valence-corrected chi connectivity index (χ2v) is 6.46. The summed E-state index contributed by atoms with van der Waals surface area (Å²) in [6.45, 7) is 1.71. The minimum Gasteiger partial charge on any atom is -0.381 e. The van der Waals surface area contributed by atoms with Crippen LogP contribution in [0.25, 0.3) is 0 Å². The summed E-state index contributed by atoms with van der Waals surface area (Å²) in [4.78, 5) is 13.5. The standard InChI is InChI=1S/C20H18F3N3O/c21-20(22,23)18-10-17(8-7-16(18)11-24)25-12-14-3-5-15(6-4-14)13-26-9-1-2-19(26)27/h3-8,10,25H,1-2,9,12-13H2. The van der Waals surface area contributed by atoms with Crippen molar-refractivity contribution in [2.24, 2.45) is 0 Å². The maximum absolute atomic E-state index is 13.0. The van der Waals surface area contributed by atoms with Crippen LogP contribution in [0.4, 0.5) is 18.9 Å². The lowest BCUT2D eigenvalue weighted by atomic mass is 10.1. The van der Waals surface area contributed by atoms with Gasteiger partial charge in [-0.3, -0.25) is 4.79 Å². The van der Waals surface area contributed by atoms with Gasteiger partial charge < -0.3 is 10.2 Å². The van der Waals surface area contributed by atoms with Gasteiger partial charge in [-0.05, 0) is 35.7 Å². The zero-order valence-electron chi connectivity index (χ0n) is 14.5. The highest BCUT2D eigenvalue weighted by Gasteiger charge is 2.33. The molecule has 2 aromatic carbocycles. The minimum absolute atomic E-state index is 0.169.